The van der Waals surface area contributed by atoms with Crippen molar-refractivity contribution in [3.8, 4) is 0 Å². The molecule has 0 radical (unpaired) electrons. The Hall–Kier alpha value is -2.83. The van der Waals surface area contributed by atoms with E-state index in [0.717, 1.165) is 103 Å². The molecule has 12 unspecified atom stereocenters. The van der Waals surface area contributed by atoms with Gasteiger partial charge in [0.2, 0.25) is 5.91 Å². The van der Waals surface area contributed by atoms with Gasteiger partial charge in [-0.1, -0.05) is 240 Å². The molecule has 14 heteroatoms. The number of carbonyl (C=O) groups is 1. The zero-order valence-corrected chi connectivity index (χ0v) is 49.8. The molecule has 0 aliphatic carbocycles. The Morgan fingerprint density at radius 2 is 0.863 bits per heavy atom. The molecule has 2 aliphatic heterocycles. The van der Waals surface area contributed by atoms with Gasteiger partial charge in [0.1, 0.15) is 48.8 Å². The van der Waals surface area contributed by atoms with Gasteiger partial charge < -0.3 is 65.1 Å². The molecule has 14 nitrogen and oxygen atoms in total. The number of aliphatic hydroxyl groups excluding tert-OH is 8. The number of hydrogen-bond acceptors (Lipinski definition) is 13. The second kappa shape index (κ2) is 50.7. The third kappa shape index (κ3) is 35.3. The van der Waals surface area contributed by atoms with E-state index in [1.807, 2.05) is 0 Å². The minimum absolute atomic E-state index is 0.214. The second-order valence-corrected chi connectivity index (χ2v) is 22.2. The number of aliphatic hydroxyl groups is 8. The Labute approximate surface area is 484 Å². The fourth-order valence-electron chi connectivity index (χ4n) is 10.0. The minimum atomic E-state index is -1.78. The highest BCUT2D eigenvalue weighted by molar-refractivity contribution is 5.76. The quantitative estimate of drug-likeness (QED) is 0.0204. The smallest absolute Gasteiger partial charge is 0.220 e. The summed E-state index contributed by atoms with van der Waals surface area (Å²) in [5, 5.41) is 86.6. The molecule has 2 rings (SSSR count). The van der Waals surface area contributed by atoms with Crippen LogP contribution in [0.15, 0.2) is 85.1 Å². The van der Waals surface area contributed by atoms with E-state index < -0.39 is 86.8 Å². The molecule has 2 fully saturated rings. The molecular formula is C66H115NO13. The molecule has 0 saturated carbocycles. The van der Waals surface area contributed by atoms with Crippen molar-refractivity contribution in [2.45, 2.75) is 306 Å². The summed E-state index contributed by atoms with van der Waals surface area (Å²) in [5.41, 5.74) is 0. The molecule has 0 bridgehead atoms. The largest absolute Gasteiger partial charge is 0.394 e. The van der Waals surface area contributed by atoms with Crippen LogP contribution in [-0.2, 0) is 23.7 Å². The number of ether oxygens (including phenoxy) is 4. The van der Waals surface area contributed by atoms with Crippen molar-refractivity contribution in [1.82, 2.24) is 5.32 Å². The van der Waals surface area contributed by atoms with Gasteiger partial charge in [-0.2, -0.15) is 0 Å². The van der Waals surface area contributed by atoms with Crippen LogP contribution in [0.25, 0.3) is 0 Å². The number of unbranched alkanes of at least 4 members (excludes halogenated alkanes) is 23. The molecule has 0 aromatic rings. The van der Waals surface area contributed by atoms with Gasteiger partial charge in [-0.15, -0.1) is 0 Å². The predicted octanol–water partition coefficient (Wildman–Crippen LogP) is 11.7. The van der Waals surface area contributed by atoms with Gasteiger partial charge in [0, 0.05) is 6.42 Å². The lowest BCUT2D eigenvalue weighted by Gasteiger charge is -2.46. The predicted molar refractivity (Wildman–Crippen MR) is 323 cm³/mol. The number of rotatable bonds is 50. The maximum Gasteiger partial charge on any atom is 0.220 e. The van der Waals surface area contributed by atoms with Crippen LogP contribution < -0.4 is 5.32 Å². The van der Waals surface area contributed by atoms with Crippen molar-refractivity contribution in [2.75, 3.05) is 19.8 Å². The molecule has 1 amide bonds. The molecule has 2 heterocycles. The van der Waals surface area contributed by atoms with E-state index in [4.69, 9.17) is 18.9 Å². The molecule has 12 atom stereocenters. The highest BCUT2D eigenvalue weighted by Gasteiger charge is 2.51. The van der Waals surface area contributed by atoms with Crippen molar-refractivity contribution in [2.24, 2.45) is 0 Å². The van der Waals surface area contributed by atoms with Crippen LogP contribution in [0.1, 0.15) is 232 Å². The number of hydrogen-bond donors (Lipinski definition) is 9. The summed E-state index contributed by atoms with van der Waals surface area (Å²) in [6.07, 6.45) is 52.7. The van der Waals surface area contributed by atoms with Crippen LogP contribution in [-0.4, -0.2) is 140 Å². The van der Waals surface area contributed by atoms with E-state index in [-0.39, 0.29) is 12.5 Å². The Morgan fingerprint density at radius 1 is 0.463 bits per heavy atom. The van der Waals surface area contributed by atoms with Gasteiger partial charge >= 0.3 is 0 Å². The van der Waals surface area contributed by atoms with E-state index in [2.05, 4.69) is 104 Å². The fraction of sp³-hybridized carbons (Fsp3) is 0.773. The van der Waals surface area contributed by atoms with Gasteiger partial charge in [0.05, 0.1) is 32.0 Å². The molecular weight excluding hydrogens is 1010 g/mol. The zero-order chi connectivity index (χ0) is 58.1. The topological polar surface area (TPSA) is 228 Å². The molecule has 462 valence electrons. The first-order chi connectivity index (χ1) is 39.1. The van der Waals surface area contributed by atoms with Gasteiger partial charge in [0.15, 0.2) is 12.6 Å². The lowest BCUT2D eigenvalue weighted by atomic mass is 9.97. The van der Waals surface area contributed by atoms with Crippen LogP contribution >= 0.6 is 0 Å². The van der Waals surface area contributed by atoms with Crippen molar-refractivity contribution in [3.63, 3.8) is 0 Å². The van der Waals surface area contributed by atoms with E-state index in [1.54, 1.807) is 0 Å². The summed E-state index contributed by atoms with van der Waals surface area (Å²) in [7, 11) is 0. The summed E-state index contributed by atoms with van der Waals surface area (Å²) < 4.78 is 22.7. The summed E-state index contributed by atoms with van der Waals surface area (Å²) in [5.74, 6) is -0.214. The lowest BCUT2D eigenvalue weighted by Crippen LogP contribution is -2.65. The minimum Gasteiger partial charge on any atom is -0.394 e. The van der Waals surface area contributed by atoms with E-state index in [9.17, 15) is 45.6 Å². The van der Waals surface area contributed by atoms with Crippen LogP contribution in [0.4, 0.5) is 0 Å². The molecule has 2 saturated heterocycles. The van der Waals surface area contributed by atoms with Crippen LogP contribution in [0.2, 0.25) is 0 Å². The highest BCUT2D eigenvalue weighted by atomic mass is 16.7. The van der Waals surface area contributed by atoms with E-state index in [0.29, 0.717) is 12.8 Å². The van der Waals surface area contributed by atoms with Crippen LogP contribution in [0.3, 0.4) is 0 Å². The Kier molecular flexibility index (Phi) is 46.4. The first-order valence-corrected chi connectivity index (χ1v) is 31.8. The summed E-state index contributed by atoms with van der Waals surface area (Å²) >= 11 is 0. The van der Waals surface area contributed by atoms with E-state index in [1.165, 1.54) is 103 Å². The summed E-state index contributed by atoms with van der Waals surface area (Å²) in [6.45, 7) is 2.64. The monoisotopic (exact) mass is 1130 g/mol. The molecule has 0 aromatic carbocycles. The molecule has 9 N–H and O–H groups in total. The van der Waals surface area contributed by atoms with Crippen molar-refractivity contribution >= 4 is 5.91 Å². The van der Waals surface area contributed by atoms with Gasteiger partial charge in [-0.3, -0.25) is 4.79 Å². The SMILES string of the molecule is CC/C=C\C/C=C\C/C=C\C/C=C\C/C=C\C/C=C\C/C=C\CCCCCCCCCCCCCCCCCCCCCC(=O)NC(COC1OC(CO)C(OC2OC(CO)C(O)C(O)C2O)C(O)C1O)C(O)CCCCCCC. The summed E-state index contributed by atoms with van der Waals surface area (Å²) in [4.78, 5) is 13.1. The second-order valence-electron chi connectivity index (χ2n) is 22.2. The first kappa shape index (κ1) is 73.3. The Morgan fingerprint density at radius 3 is 1.32 bits per heavy atom. The fourth-order valence-corrected chi connectivity index (χ4v) is 10.0. The molecule has 2 aliphatic rings. The first-order valence-electron chi connectivity index (χ1n) is 31.8. The Balaban J connectivity index is 1.47. The highest BCUT2D eigenvalue weighted by Crippen LogP contribution is 2.30. The van der Waals surface area contributed by atoms with Gasteiger partial charge in [-0.25, -0.2) is 0 Å². The van der Waals surface area contributed by atoms with Crippen LogP contribution in [0, 0.1) is 0 Å². The van der Waals surface area contributed by atoms with Crippen molar-refractivity contribution in [1.29, 1.82) is 0 Å². The van der Waals surface area contributed by atoms with Crippen molar-refractivity contribution in [3.05, 3.63) is 85.1 Å². The van der Waals surface area contributed by atoms with E-state index >= 15 is 0 Å². The lowest BCUT2D eigenvalue weighted by molar-refractivity contribution is -0.359. The number of carbonyl (C=O) groups excluding carboxylic acids is 1. The van der Waals surface area contributed by atoms with Crippen LogP contribution in [0.5, 0.6) is 0 Å². The average molecular weight is 1130 g/mol. The molecule has 0 aromatic heterocycles. The molecule has 80 heavy (non-hydrogen) atoms. The number of nitrogens with one attached hydrogen (secondary N) is 1. The third-order valence-corrected chi connectivity index (χ3v) is 15.1. The zero-order valence-electron chi connectivity index (χ0n) is 49.8. The third-order valence-electron chi connectivity index (χ3n) is 15.1. The number of allylic oxidation sites excluding steroid dienone is 14. The Bertz CT molecular complexity index is 1660. The summed E-state index contributed by atoms with van der Waals surface area (Å²) in [6, 6.07) is -0.826. The van der Waals surface area contributed by atoms with Gasteiger partial charge in [-0.05, 0) is 70.6 Å². The average Bonchev–Trinajstić information content (AvgIpc) is 3.49. The maximum absolute atomic E-state index is 13.1. The normalized spacial score (nSPS) is 24.8. The molecule has 0 spiro atoms. The maximum atomic E-state index is 13.1. The van der Waals surface area contributed by atoms with Gasteiger partial charge in [0.25, 0.3) is 0 Å². The number of amides is 1. The van der Waals surface area contributed by atoms with Crippen molar-refractivity contribution < 1.29 is 64.6 Å². The standard InChI is InChI=1S/C66H115NO13/c1-3-5-7-9-10-11-12-13-14-15-16-17-18-19-20-21-22-23-24-25-26-27-28-29-30-31-32-33-34-35-36-37-38-39-40-41-42-43-44-46-48-50-58(71)67-54(55(70)49-47-45-8-6-4-2)53-77-65-63(76)61(74)64(57(52-69)79-65)80-66-62(75)60(73)59(72)56(51-68)78-66/h5,7,10-11,13-14,16-17,19-20,22-23,25-26,54-57,59-66,68-70,72-76H,3-4,6,8-9,12,15,18,21,24,27-53H2,1-2H3,(H,67,71)/b7-5-,11-10-,14-13-,17-16-,20-19-,23-22-,26-25-.